The molecule has 0 aliphatic heterocycles. The smallest absolute Gasteiger partial charge is 0.411 e. The molecule has 3 heteroatoms. The average molecular weight is 158 g/mol. The van der Waals surface area contributed by atoms with E-state index in [4.69, 9.17) is 9.31 Å². The van der Waals surface area contributed by atoms with Gasteiger partial charge in [0.25, 0.3) is 0 Å². The third kappa shape index (κ3) is 7.89. The summed E-state index contributed by atoms with van der Waals surface area (Å²) in [6.45, 7) is 7.82. The Bertz CT molecular complexity index is 78.5. The van der Waals surface area contributed by atoms with Crippen LogP contribution < -0.4 is 0 Å². The van der Waals surface area contributed by atoms with E-state index in [0.29, 0.717) is 0 Å². The summed E-state index contributed by atoms with van der Waals surface area (Å²) in [5.74, 6) is 0. The normalized spacial score (nSPS) is 10.1. The third-order valence-electron chi connectivity index (χ3n) is 1.41. The molecule has 0 aliphatic carbocycles. The van der Waals surface area contributed by atoms with Crippen LogP contribution in [0.2, 0.25) is 6.82 Å². The molecule has 0 heterocycles. The molecule has 0 unspecified atom stereocenters. The number of rotatable bonds is 7. The minimum absolute atomic E-state index is 0.0264. The zero-order valence-corrected chi connectivity index (χ0v) is 7.93. The highest BCUT2D eigenvalue weighted by atomic mass is 16.6. The van der Waals surface area contributed by atoms with Gasteiger partial charge in [0.2, 0.25) is 0 Å². The maximum absolute atomic E-state index is 5.36. The van der Waals surface area contributed by atoms with Crippen LogP contribution in [0.1, 0.15) is 33.1 Å². The van der Waals surface area contributed by atoms with E-state index in [1.165, 1.54) is 6.42 Å². The molecule has 2 nitrogen and oxygen atoms in total. The summed E-state index contributed by atoms with van der Waals surface area (Å²) in [5.41, 5.74) is 0. The Labute approximate surface area is 70.4 Å². The molecule has 0 spiro atoms. The highest BCUT2D eigenvalue weighted by molar-refractivity contribution is 6.42. The summed E-state index contributed by atoms with van der Waals surface area (Å²) in [6.07, 6.45) is 3.36. The van der Waals surface area contributed by atoms with Crippen molar-refractivity contribution in [2.45, 2.75) is 39.9 Å². The van der Waals surface area contributed by atoms with Gasteiger partial charge in [-0.25, -0.2) is 0 Å². The van der Waals surface area contributed by atoms with Gasteiger partial charge in [0.05, 0.1) is 0 Å². The molecule has 66 valence electrons. The van der Waals surface area contributed by atoms with Gasteiger partial charge in [-0.15, -0.1) is 0 Å². The second-order valence-electron chi connectivity index (χ2n) is 2.66. The van der Waals surface area contributed by atoms with Crippen LogP contribution in [0, 0.1) is 0 Å². The van der Waals surface area contributed by atoms with Gasteiger partial charge in [0.1, 0.15) is 0 Å². The van der Waals surface area contributed by atoms with Crippen molar-refractivity contribution in [2.75, 3.05) is 13.2 Å². The third-order valence-corrected chi connectivity index (χ3v) is 1.41. The molecule has 0 saturated heterocycles. The first-order chi connectivity index (χ1) is 5.31. The van der Waals surface area contributed by atoms with E-state index in [1.807, 2.05) is 6.82 Å². The van der Waals surface area contributed by atoms with Crippen LogP contribution in [0.25, 0.3) is 0 Å². The summed E-state index contributed by atoms with van der Waals surface area (Å²) in [7, 11) is -0.0264. The molecule has 11 heavy (non-hydrogen) atoms. The minimum atomic E-state index is -0.0264. The van der Waals surface area contributed by atoms with Crippen LogP contribution in [0.15, 0.2) is 0 Å². The van der Waals surface area contributed by atoms with E-state index in [2.05, 4.69) is 13.8 Å². The van der Waals surface area contributed by atoms with Gasteiger partial charge in [-0.1, -0.05) is 20.3 Å². The largest absolute Gasteiger partial charge is 0.453 e. The van der Waals surface area contributed by atoms with Gasteiger partial charge in [-0.05, 0) is 19.7 Å². The lowest BCUT2D eigenvalue weighted by molar-refractivity contribution is 0.199. The molecule has 0 bridgehead atoms. The monoisotopic (exact) mass is 158 g/mol. The molecule has 0 aromatic heterocycles. The molecular formula is C8H19BO2. The molecule has 0 aromatic carbocycles. The number of hydrogen-bond donors (Lipinski definition) is 0. The van der Waals surface area contributed by atoms with Crippen molar-refractivity contribution in [2.24, 2.45) is 0 Å². The lowest BCUT2D eigenvalue weighted by atomic mass is 9.95. The van der Waals surface area contributed by atoms with Crippen LogP contribution in [-0.4, -0.2) is 20.3 Å². The SMILES string of the molecule is CCCCOB(C)OCCC. The van der Waals surface area contributed by atoms with Crippen LogP contribution in [0.4, 0.5) is 0 Å². The first-order valence-electron chi connectivity index (χ1n) is 4.54. The lowest BCUT2D eigenvalue weighted by Gasteiger charge is -2.08. The van der Waals surface area contributed by atoms with Gasteiger partial charge in [0.15, 0.2) is 0 Å². The maximum Gasteiger partial charge on any atom is 0.453 e. The Balaban J connectivity index is 3.02. The van der Waals surface area contributed by atoms with Crippen molar-refractivity contribution in [3.63, 3.8) is 0 Å². The van der Waals surface area contributed by atoms with Gasteiger partial charge in [-0.3, -0.25) is 0 Å². The van der Waals surface area contributed by atoms with Gasteiger partial charge in [0, 0.05) is 13.2 Å². The van der Waals surface area contributed by atoms with Crippen molar-refractivity contribution >= 4 is 7.12 Å². The maximum atomic E-state index is 5.36. The van der Waals surface area contributed by atoms with Crippen molar-refractivity contribution in [1.29, 1.82) is 0 Å². The van der Waals surface area contributed by atoms with Gasteiger partial charge >= 0.3 is 7.12 Å². The van der Waals surface area contributed by atoms with Crippen LogP contribution in [0.5, 0.6) is 0 Å². The molecule has 0 fully saturated rings. The Morgan fingerprint density at radius 1 is 1.00 bits per heavy atom. The first kappa shape index (κ1) is 11.0. The standard InChI is InChI=1S/C8H19BO2/c1-4-6-8-11-9(3)10-7-5-2/h4-8H2,1-3H3. The molecule has 0 amide bonds. The molecule has 0 atom stereocenters. The zero-order valence-electron chi connectivity index (χ0n) is 7.93. The Morgan fingerprint density at radius 3 is 2.18 bits per heavy atom. The van der Waals surface area contributed by atoms with Crippen molar-refractivity contribution in [3.8, 4) is 0 Å². The summed E-state index contributed by atoms with van der Waals surface area (Å²) >= 11 is 0. The fourth-order valence-electron chi connectivity index (χ4n) is 0.726. The first-order valence-corrected chi connectivity index (χ1v) is 4.54. The highest BCUT2D eigenvalue weighted by Crippen LogP contribution is 1.94. The predicted molar refractivity (Wildman–Crippen MR) is 48.7 cm³/mol. The summed E-state index contributed by atoms with van der Waals surface area (Å²) in [4.78, 5) is 0. The van der Waals surface area contributed by atoms with E-state index in [0.717, 1.165) is 26.1 Å². The Kier molecular flexibility index (Phi) is 8.07. The van der Waals surface area contributed by atoms with Crippen molar-refractivity contribution < 1.29 is 9.31 Å². The van der Waals surface area contributed by atoms with Gasteiger partial charge < -0.3 is 9.31 Å². The molecule has 0 rings (SSSR count). The van der Waals surface area contributed by atoms with Gasteiger partial charge in [-0.2, -0.15) is 0 Å². The van der Waals surface area contributed by atoms with Crippen LogP contribution >= 0.6 is 0 Å². The van der Waals surface area contributed by atoms with E-state index in [-0.39, 0.29) is 7.12 Å². The fourth-order valence-corrected chi connectivity index (χ4v) is 0.726. The highest BCUT2D eigenvalue weighted by Gasteiger charge is 2.07. The minimum Gasteiger partial charge on any atom is -0.411 e. The average Bonchev–Trinajstić information content (AvgIpc) is 2.01. The fraction of sp³-hybridized carbons (Fsp3) is 1.00. The van der Waals surface area contributed by atoms with Crippen LogP contribution in [-0.2, 0) is 9.31 Å². The molecule has 0 radical (unpaired) electrons. The second kappa shape index (κ2) is 8.09. The molecule has 0 aromatic rings. The molecular weight excluding hydrogens is 139 g/mol. The molecule has 0 saturated carbocycles. The number of hydrogen-bond acceptors (Lipinski definition) is 2. The van der Waals surface area contributed by atoms with Crippen LogP contribution in [0.3, 0.4) is 0 Å². The Hall–Kier alpha value is -0.0151. The van der Waals surface area contributed by atoms with E-state index >= 15 is 0 Å². The molecule has 0 aliphatic rings. The second-order valence-corrected chi connectivity index (χ2v) is 2.66. The Morgan fingerprint density at radius 2 is 1.64 bits per heavy atom. The lowest BCUT2D eigenvalue weighted by Crippen LogP contribution is -2.19. The number of unbranched alkanes of at least 4 members (excludes halogenated alkanes) is 1. The predicted octanol–water partition coefficient (Wildman–Crippen LogP) is 2.35. The summed E-state index contributed by atoms with van der Waals surface area (Å²) < 4.78 is 10.7. The van der Waals surface area contributed by atoms with E-state index in [9.17, 15) is 0 Å². The van der Waals surface area contributed by atoms with E-state index in [1.54, 1.807) is 0 Å². The topological polar surface area (TPSA) is 18.5 Å². The summed E-state index contributed by atoms with van der Waals surface area (Å²) in [5, 5.41) is 0. The summed E-state index contributed by atoms with van der Waals surface area (Å²) in [6, 6.07) is 0. The molecule has 0 N–H and O–H groups in total. The van der Waals surface area contributed by atoms with Crippen molar-refractivity contribution in [1.82, 2.24) is 0 Å². The zero-order chi connectivity index (χ0) is 8.53. The van der Waals surface area contributed by atoms with E-state index < -0.39 is 0 Å². The quantitative estimate of drug-likeness (QED) is 0.418. The van der Waals surface area contributed by atoms with Crippen molar-refractivity contribution in [3.05, 3.63) is 0 Å².